The Morgan fingerprint density at radius 1 is 0.885 bits per heavy atom. The Hall–Kier alpha value is -2.84. The molecule has 0 unspecified atom stereocenters. The van der Waals surface area contributed by atoms with Gasteiger partial charge in [-0.25, -0.2) is 4.99 Å². The molecule has 3 heteroatoms. The summed E-state index contributed by atoms with van der Waals surface area (Å²) in [6.45, 7) is 2.83. The third-order valence-electron chi connectivity index (χ3n) is 4.41. The first-order chi connectivity index (χ1) is 12.7. The van der Waals surface area contributed by atoms with Crippen LogP contribution in [-0.2, 0) is 0 Å². The normalized spacial score (nSPS) is 15.4. The van der Waals surface area contributed by atoms with E-state index in [-0.39, 0.29) is 0 Å². The fourth-order valence-electron chi connectivity index (χ4n) is 3.05. The lowest BCUT2D eigenvalue weighted by molar-refractivity contribution is 1.13. The average Bonchev–Trinajstić information content (AvgIpc) is 3.07. The van der Waals surface area contributed by atoms with E-state index in [0.717, 1.165) is 39.9 Å². The first kappa shape index (κ1) is 16.6. The third-order valence-corrected chi connectivity index (χ3v) is 4.66. The van der Waals surface area contributed by atoms with Gasteiger partial charge in [0, 0.05) is 16.3 Å². The van der Waals surface area contributed by atoms with Crippen molar-refractivity contribution < 1.29 is 0 Å². The van der Waals surface area contributed by atoms with Crippen molar-refractivity contribution in [2.45, 2.75) is 6.92 Å². The highest BCUT2D eigenvalue weighted by Gasteiger charge is 2.23. The molecular formula is C23H19ClN2. The minimum Gasteiger partial charge on any atom is -0.320 e. The Morgan fingerprint density at radius 3 is 2.27 bits per heavy atom. The van der Waals surface area contributed by atoms with E-state index in [4.69, 9.17) is 16.6 Å². The Kier molecular flexibility index (Phi) is 4.59. The second-order valence-corrected chi connectivity index (χ2v) is 6.85. The second-order valence-electron chi connectivity index (χ2n) is 6.41. The molecule has 3 aromatic carbocycles. The molecule has 0 aromatic heterocycles. The summed E-state index contributed by atoms with van der Waals surface area (Å²) in [5.41, 5.74) is 5.65. The Balaban J connectivity index is 1.75. The van der Waals surface area contributed by atoms with Gasteiger partial charge < -0.3 is 4.90 Å². The number of benzene rings is 3. The summed E-state index contributed by atoms with van der Waals surface area (Å²) in [7, 11) is 0. The van der Waals surface area contributed by atoms with E-state index in [2.05, 4.69) is 54.3 Å². The monoisotopic (exact) mass is 358 g/mol. The van der Waals surface area contributed by atoms with Crippen molar-refractivity contribution in [3.63, 3.8) is 0 Å². The number of rotatable bonds is 3. The standard InChI is InChI=1S/C23H19ClN2/c1-17-7-9-19(10-8-17)23-25-21(15-18-5-3-2-4-6-18)16-26(23)22-13-11-20(24)12-14-22/h2-15H,16H2,1H3/b21-15-. The van der Waals surface area contributed by atoms with E-state index >= 15 is 0 Å². The van der Waals surface area contributed by atoms with Crippen molar-refractivity contribution in [3.05, 3.63) is 106 Å². The van der Waals surface area contributed by atoms with E-state index in [1.807, 2.05) is 42.5 Å². The Morgan fingerprint density at radius 2 is 1.58 bits per heavy atom. The molecule has 0 saturated carbocycles. The zero-order chi connectivity index (χ0) is 17.9. The molecule has 0 radical (unpaired) electrons. The predicted octanol–water partition coefficient (Wildman–Crippen LogP) is 5.96. The van der Waals surface area contributed by atoms with Crippen LogP contribution < -0.4 is 4.90 Å². The average molecular weight is 359 g/mol. The van der Waals surface area contributed by atoms with Gasteiger partial charge in [-0.2, -0.15) is 0 Å². The van der Waals surface area contributed by atoms with Crippen LogP contribution in [0.1, 0.15) is 16.7 Å². The highest BCUT2D eigenvalue weighted by Crippen LogP contribution is 2.27. The van der Waals surface area contributed by atoms with Gasteiger partial charge in [0.2, 0.25) is 0 Å². The largest absolute Gasteiger partial charge is 0.320 e. The van der Waals surface area contributed by atoms with Gasteiger partial charge in [-0.1, -0.05) is 71.8 Å². The maximum atomic E-state index is 6.07. The molecule has 0 N–H and O–H groups in total. The van der Waals surface area contributed by atoms with Crippen LogP contribution in [-0.4, -0.2) is 12.4 Å². The molecule has 0 spiro atoms. The molecule has 0 bridgehead atoms. The van der Waals surface area contributed by atoms with Gasteiger partial charge in [0.25, 0.3) is 0 Å². The van der Waals surface area contributed by atoms with Crippen LogP contribution in [0, 0.1) is 6.92 Å². The molecule has 1 aliphatic heterocycles. The van der Waals surface area contributed by atoms with E-state index in [9.17, 15) is 0 Å². The predicted molar refractivity (Wildman–Crippen MR) is 111 cm³/mol. The van der Waals surface area contributed by atoms with Gasteiger partial charge in [0.15, 0.2) is 0 Å². The number of halogens is 1. The summed E-state index contributed by atoms with van der Waals surface area (Å²) < 4.78 is 0. The van der Waals surface area contributed by atoms with Crippen LogP contribution in [0.5, 0.6) is 0 Å². The van der Waals surface area contributed by atoms with Gasteiger partial charge in [0.05, 0.1) is 12.2 Å². The molecule has 3 aromatic rings. The molecule has 0 aliphatic carbocycles. The van der Waals surface area contributed by atoms with Gasteiger partial charge in [-0.05, 0) is 42.8 Å². The maximum Gasteiger partial charge on any atom is 0.141 e. The first-order valence-corrected chi connectivity index (χ1v) is 9.01. The van der Waals surface area contributed by atoms with Crippen molar-refractivity contribution in [2.24, 2.45) is 4.99 Å². The fourth-order valence-corrected chi connectivity index (χ4v) is 3.17. The summed E-state index contributed by atoms with van der Waals surface area (Å²) >= 11 is 6.07. The van der Waals surface area contributed by atoms with Crippen LogP contribution in [0.4, 0.5) is 5.69 Å². The topological polar surface area (TPSA) is 15.6 Å². The minimum absolute atomic E-state index is 0.736. The molecule has 4 rings (SSSR count). The summed E-state index contributed by atoms with van der Waals surface area (Å²) in [5.74, 6) is 0.967. The summed E-state index contributed by atoms with van der Waals surface area (Å²) in [6.07, 6.45) is 2.14. The third kappa shape index (κ3) is 3.56. The van der Waals surface area contributed by atoms with Gasteiger partial charge >= 0.3 is 0 Å². The maximum absolute atomic E-state index is 6.07. The molecule has 26 heavy (non-hydrogen) atoms. The molecule has 0 fully saturated rings. The van der Waals surface area contributed by atoms with E-state index in [1.54, 1.807) is 0 Å². The summed E-state index contributed by atoms with van der Waals surface area (Å²) in [4.78, 5) is 7.17. The molecule has 2 nitrogen and oxygen atoms in total. The number of aliphatic imine (C=N–C) groups is 1. The molecule has 0 atom stereocenters. The summed E-state index contributed by atoms with van der Waals surface area (Å²) in [6, 6.07) is 26.7. The lowest BCUT2D eigenvalue weighted by Crippen LogP contribution is -2.27. The minimum atomic E-state index is 0.736. The molecule has 0 amide bonds. The number of amidine groups is 1. The van der Waals surface area contributed by atoms with Crippen LogP contribution in [0.3, 0.4) is 0 Å². The van der Waals surface area contributed by atoms with Gasteiger partial charge in [0.1, 0.15) is 5.84 Å². The second kappa shape index (κ2) is 7.19. The van der Waals surface area contributed by atoms with E-state index < -0.39 is 0 Å². The smallest absolute Gasteiger partial charge is 0.141 e. The van der Waals surface area contributed by atoms with Crippen molar-refractivity contribution in [1.82, 2.24) is 0 Å². The van der Waals surface area contributed by atoms with E-state index in [1.165, 1.54) is 5.56 Å². The zero-order valence-electron chi connectivity index (χ0n) is 14.6. The van der Waals surface area contributed by atoms with Crippen molar-refractivity contribution in [1.29, 1.82) is 0 Å². The Labute approximate surface area is 159 Å². The zero-order valence-corrected chi connectivity index (χ0v) is 15.3. The van der Waals surface area contributed by atoms with Crippen molar-refractivity contribution in [3.8, 4) is 0 Å². The molecular weight excluding hydrogens is 340 g/mol. The Bertz CT molecular complexity index is 955. The number of hydrogen-bond acceptors (Lipinski definition) is 2. The number of hydrogen-bond donors (Lipinski definition) is 0. The molecule has 1 aliphatic rings. The van der Waals surface area contributed by atoms with Gasteiger partial charge in [-0.15, -0.1) is 0 Å². The molecule has 0 saturated heterocycles. The quantitative estimate of drug-likeness (QED) is 0.564. The van der Waals surface area contributed by atoms with Gasteiger partial charge in [-0.3, -0.25) is 0 Å². The first-order valence-electron chi connectivity index (χ1n) is 8.63. The molecule has 128 valence electrons. The highest BCUT2D eigenvalue weighted by molar-refractivity contribution is 6.30. The van der Waals surface area contributed by atoms with Crippen LogP contribution in [0.2, 0.25) is 5.02 Å². The van der Waals surface area contributed by atoms with Crippen LogP contribution in [0.25, 0.3) is 6.08 Å². The van der Waals surface area contributed by atoms with Crippen molar-refractivity contribution >= 4 is 29.2 Å². The number of nitrogens with zero attached hydrogens (tertiary/aromatic N) is 2. The fraction of sp³-hybridized carbons (Fsp3) is 0.0870. The number of anilines is 1. The lowest BCUT2D eigenvalue weighted by atomic mass is 10.1. The summed E-state index contributed by atoms with van der Waals surface area (Å²) in [5, 5.41) is 0.738. The molecule has 1 heterocycles. The SMILES string of the molecule is Cc1ccc(C2=N/C(=C\c3ccccc3)CN2c2ccc(Cl)cc2)cc1. The number of aryl methyl sites for hydroxylation is 1. The highest BCUT2D eigenvalue weighted by atomic mass is 35.5. The lowest BCUT2D eigenvalue weighted by Gasteiger charge is -2.20. The van der Waals surface area contributed by atoms with Crippen LogP contribution >= 0.6 is 11.6 Å². The van der Waals surface area contributed by atoms with Crippen molar-refractivity contribution in [2.75, 3.05) is 11.4 Å². The van der Waals surface area contributed by atoms with Crippen LogP contribution in [0.15, 0.2) is 89.6 Å². The van der Waals surface area contributed by atoms with E-state index in [0.29, 0.717) is 0 Å².